The van der Waals surface area contributed by atoms with Crippen LogP contribution in [0.5, 0.6) is 5.75 Å². The number of primary sulfonamides is 1. The third-order valence-corrected chi connectivity index (χ3v) is 4.18. The Morgan fingerprint density at radius 1 is 1.32 bits per heavy atom. The second-order valence-electron chi connectivity index (χ2n) is 4.72. The fourth-order valence-corrected chi connectivity index (χ4v) is 2.93. The zero-order valence-electron chi connectivity index (χ0n) is 10.8. The minimum Gasteiger partial charge on any atom is -0.492 e. The van der Waals surface area contributed by atoms with Crippen molar-refractivity contribution in [1.82, 2.24) is 0 Å². The van der Waals surface area contributed by atoms with Crippen LogP contribution in [0.15, 0.2) is 18.2 Å². The number of benzene rings is 1. The molecule has 1 atom stereocenters. The molecular weight excluding hydrogens is 309 g/mol. The molecule has 2 N–H and O–H groups in total. The summed E-state index contributed by atoms with van der Waals surface area (Å²) in [5.41, 5.74) is 0. The predicted octanol–water partition coefficient (Wildman–Crippen LogP) is 2.93. The Bertz CT molecular complexity index is 532. The molecule has 0 saturated carbocycles. The normalized spacial score (nSPS) is 13.6. The summed E-state index contributed by atoms with van der Waals surface area (Å²) in [5, 5.41) is 6.01. The van der Waals surface area contributed by atoms with Gasteiger partial charge < -0.3 is 4.74 Å². The van der Waals surface area contributed by atoms with Gasteiger partial charge in [0.05, 0.1) is 17.4 Å². The fourth-order valence-electron chi connectivity index (χ4n) is 1.52. The number of hydrogen-bond donors (Lipinski definition) is 1. The first-order valence-corrected chi connectivity index (χ1v) is 8.24. The standard InChI is InChI=1S/C12H17Cl2NO3S/c1-8(2)9(7-19(15,16)17)6-18-12-5-10(13)3-4-11(12)14/h3-5,8-9H,6-7H2,1-2H3,(H2,15,16,17). The summed E-state index contributed by atoms with van der Waals surface area (Å²) in [5.74, 6) is 0.235. The lowest BCUT2D eigenvalue weighted by atomic mass is 9.99. The first-order chi connectivity index (χ1) is 8.69. The summed E-state index contributed by atoms with van der Waals surface area (Å²) in [7, 11) is -3.53. The molecule has 0 aliphatic heterocycles. The van der Waals surface area contributed by atoms with E-state index in [0.29, 0.717) is 15.8 Å². The molecule has 0 aliphatic carbocycles. The smallest absolute Gasteiger partial charge is 0.209 e. The molecule has 1 unspecified atom stereocenters. The maximum atomic E-state index is 11.2. The maximum absolute atomic E-state index is 11.2. The van der Waals surface area contributed by atoms with Crippen molar-refractivity contribution in [3.8, 4) is 5.75 Å². The highest BCUT2D eigenvalue weighted by molar-refractivity contribution is 7.89. The molecule has 108 valence electrons. The van der Waals surface area contributed by atoms with Crippen molar-refractivity contribution in [3.05, 3.63) is 28.2 Å². The molecule has 7 heteroatoms. The van der Waals surface area contributed by atoms with Crippen molar-refractivity contribution in [2.24, 2.45) is 17.0 Å². The van der Waals surface area contributed by atoms with Crippen LogP contribution in [0.2, 0.25) is 10.0 Å². The Kier molecular flexibility index (Phi) is 5.92. The summed E-state index contributed by atoms with van der Waals surface area (Å²) in [6.45, 7) is 4.05. The third-order valence-electron chi connectivity index (χ3n) is 2.74. The molecule has 19 heavy (non-hydrogen) atoms. The summed E-state index contributed by atoms with van der Waals surface area (Å²) in [6.07, 6.45) is 0. The Morgan fingerprint density at radius 3 is 2.47 bits per heavy atom. The van der Waals surface area contributed by atoms with Gasteiger partial charge in [-0.15, -0.1) is 0 Å². The van der Waals surface area contributed by atoms with Crippen LogP contribution in [0.1, 0.15) is 13.8 Å². The second kappa shape index (κ2) is 6.79. The summed E-state index contributed by atoms with van der Waals surface area (Å²) >= 11 is 11.8. The van der Waals surface area contributed by atoms with E-state index in [-0.39, 0.29) is 24.2 Å². The van der Waals surface area contributed by atoms with Gasteiger partial charge in [0, 0.05) is 17.0 Å². The monoisotopic (exact) mass is 325 g/mol. The second-order valence-corrected chi connectivity index (χ2v) is 7.22. The fraction of sp³-hybridized carbons (Fsp3) is 0.500. The van der Waals surface area contributed by atoms with Gasteiger partial charge in [0.1, 0.15) is 5.75 Å². The average Bonchev–Trinajstić information content (AvgIpc) is 2.26. The highest BCUT2D eigenvalue weighted by Crippen LogP contribution is 2.28. The molecular formula is C12H17Cl2NO3S. The van der Waals surface area contributed by atoms with E-state index >= 15 is 0 Å². The van der Waals surface area contributed by atoms with Gasteiger partial charge >= 0.3 is 0 Å². The van der Waals surface area contributed by atoms with Crippen LogP contribution in [-0.4, -0.2) is 20.8 Å². The minimum atomic E-state index is -3.53. The number of sulfonamides is 1. The topological polar surface area (TPSA) is 69.4 Å². The molecule has 0 saturated heterocycles. The largest absolute Gasteiger partial charge is 0.492 e. The van der Waals surface area contributed by atoms with Crippen molar-refractivity contribution in [1.29, 1.82) is 0 Å². The molecule has 0 bridgehead atoms. The van der Waals surface area contributed by atoms with E-state index in [2.05, 4.69) is 0 Å². The van der Waals surface area contributed by atoms with Gasteiger partial charge in [0.15, 0.2) is 0 Å². The lowest BCUT2D eigenvalue weighted by molar-refractivity contribution is 0.225. The number of rotatable bonds is 6. The Balaban J connectivity index is 2.74. The maximum Gasteiger partial charge on any atom is 0.209 e. The van der Waals surface area contributed by atoms with Crippen LogP contribution >= 0.6 is 23.2 Å². The molecule has 0 aromatic heterocycles. The van der Waals surface area contributed by atoms with E-state index in [1.165, 1.54) is 0 Å². The van der Waals surface area contributed by atoms with Crippen LogP contribution in [0.3, 0.4) is 0 Å². The molecule has 0 amide bonds. The van der Waals surface area contributed by atoms with E-state index in [4.69, 9.17) is 33.1 Å². The van der Waals surface area contributed by atoms with Gasteiger partial charge in [-0.05, 0) is 18.1 Å². The lowest BCUT2D eigenvalue weighted by Crippen LogP contribution is -2.30. The quantitative estimate of drug-likeness (QED) is 0.874. The minimum absolute atomic E-state index is 0.122. The number of hydrogen-bond acceptors (Lipinski definition) is 3. The highest BCUT2D eigenvalue weighted by atomic mass is 35.5. The highest BCUT2D eigenvalue weighted by Gasteiger charge is 2.20. The Hall–Kier alpha value is -0.490. The summed E-state index contributed by atoms with van der Waals surface area (Å²) < 4.78 is 27.9. The Morgan fingerprint density at radius 2 is 1.95 bits per heavy atom. The predicted molar refractivity (Wildman–Crippen MR) is 78.3 cm³/mol. The van der Waals surface area contributed by atoms with Crippen LogP contribution in [0, 0.1) is 11.8 Å². The zero-order valence-corrected chi connectivity index (χ0v) is 13.1. The van der Waals surface area contributed by atoms with Gasteiger partial charge in [-0.2, -0.15) is 0 Å². The van der Waals surface area contributed by atoms with E-state index in [1.54, 1.807) is 18.2 Å². The number of ether oxygens (including phenoxy) is 1. The van der Waals surface area contributed by atoms with Gasteiger partial charge in [0.2, 0.25) is 10.0 Å². The summed E-state index contributed by atoms with van der Waals surface area (Å²) in [6, 6.07) is 4.88. The first kappa shape index (κ1) is 16.6. The summed E-state index contributed by atoms with van der Waals surface area (Å²) in [4.78, 5) is 0. The SMILES string of the molecule is CC(C)C(COc1cc(Cl)ccc1Cl)CS(N)(=O)=O. The van der Waals surface area contributed by atoms with Crippen molar-refractivity contribution in [3.63, 3.8) is 0 Å². The number of nitrogens with two attached hydrogens (primary N) is 1. The molecule has 4 nitrogen and oxygen atoms in total. The molecule has 1 aromatic carbocycles. The first-order valence-electron chi connectivity index (χ1n) is 5.77. The molecule has 0 radical (unpaired) electrons. The van der Waals surface area contributed by atoms with Crippen molar-refractivity contribution in [2.45, 2.75) is 13.8 Å². The van der Waals surface area contributed by atoms with E-state index in [0.717, 1.165) is 0 Å². The van der Waals surface area contributed by atoms with Gasteiger partial charge in [-0.1, -0.05) is 37.0 Å². The molecule has 1 rings (SSSR count). The van der Waals surface area contributed by atoms with Gasteiger partial charge in [-0.3, -0.25) is 0 Å². The number of halogens is 2. The van der Waals surface area contributed by atoms with E-state index in [1.807, 2.05) is 13.8 Å². The zero-order chi connectivity index (χ0) is 14.6. The van der Waals surface area contributed by atoms with E-state index in [9.17, 15) is 8.42 Å². The Labute approximate surface area is 123 Å². The van der Waals surface area contributed by atoms with Crippen LogP contribution in [0.25, 0.3) is 0 Å². The molecule has 0 fully saturated rings. The average molecular weight is 326 g/mol. The van der Waals surface area contributed by atoms with Crippen molar-refractivity contribution >= 4 is 33.2 Å². The molecule has 1 aromatic rings. The van der Waals surface area contributed by atoms with Crippen LogP contribution in [0.4, 0.5) is 0 Å². The molecule has 0 spiro atoms. The van der Waals surface area contributed by atoms with Crippen molar-refractivity contribution in [2.75, 3.05) is 12.4 Å². The van der Waals surface area contributed by atoms with Crippen LogP contribution < -0.4 is 9.88 Å². The van der Waals surface area contributed by atoms with Crippen molar-refractivity contribution < 1.29 is 13.2 Å². The van der Waals surface area contributed by atoms with Gasteiger partial charge in [0.25, 0.3) is 0 Å². The van der Waals surface area contributed by atoms with E-state index < -0.39 is 10.0 Å². The lowest BCUT2D eigenvalue weighted by Gasteiger charge is -2.20. The third kappa shape index (κ3) is 5.99. The van der Waals surface area contributed by atoms with Gasteiger partial charge in [-0.25, -0.2) is 13.6 Å². The molecule has 0 heterocycles. The van der Waals surface area contributed by atoms with Crippen LogP contribution in [-0.2, 0) is 10.0 Å². The molecule has 0 aliphatic rings.